The Bertz CT molecular complexity index is 952. The Balaban J connectivity index is 1.47. The van der Waals surface area contributed by atoms with E-state index in [1.54, 1.807) is 18.6 Å². The molecule has 1 saturated heterocycles. The van der Waals surface area contributed by atoms with Gasteiger partial charge in [-0.2, -0.15) is 0 Å². The number of aromatic nitrogens is 5. The Hall–Kier alpha value is -3.16. The molecule has 4 rings (SSSR count). The quantitative estimate of drug-likeness (QED) is 0.688. The van der Waals surface area contributed by atoms with Gasteiger partial charge in [0, 0.05) is 25.0 Å². The van der Waals surface area contributed by atoms with E-state index in [-0.39, 0.29) is 5.91 Å². The second-order valence-electron chi connectivity index (χ2n) is 7.15. The van der Waals surface area contributed by atoms with Crippen LogP contribution in [0.25, 0.3) is 11.3 Å². The molecular formula is C20H22N6O2. The molecule has 0 aliphatic carbocycles. The van der Waals surface area contributed by atoms with Gasteiger partial charge in [-0.3, -0.25) is 4.79 Å². The maximum Gasteiger partial charge on any atom is 0.272 e. The molecule has 0 spiro atoms. The second-order valence-corrected chi connectivity index (χ2v) is 7.15. The number of carbonyl (C=O) groups excluding carboxylic acids is 1. The van der Waals surface area contributed by atoms with Gasteiger partial charge in [0.15, 0.2) is 0 Å². The summed E-state index contributed by atoms with van der Waals surface area (Å²) in [6, 6.07) is 3.66. The monoisotopic (exact) mass is 378 g/mol. The molecule has 1 aliphatic heterocycles. The van der Waals surface area contributed by atoms with Crippen LogP contribution in [0.15, 0.2) is 35.5 Å². The minimum absolute atomic E-state index is 0.0359. The Kier molecular flexibility index (Phi) is 5.10. The zero-order valence-electron chi connectivity index (χ0n) is 16.0. The minimum atomic E-state index is -0.0359. The van der Waals surface area contributed by atoms with Crippen molar-refractivity contribution in [3.8, 4) is 11.3 Å². The molecular weight excluding hydrogens is 356 g/mol. The molecule has 1 atom stereocenters. The van der Waals surface area contributed by atoms with Crippen molar-refractivity contribution >= 4 is 5.91 Å². The topological polar surface area (TPSA) is 97.9 Å². The van der Waals surface area contributed by atoms with Gasteiger partial charge in [-0.05, 0) is 51.2 Å². The van der Waals surface area contributed by atoms with Crippen molar-refractivity contribution < 1.29 is 9.32 Å². The summed E-state index contributed by atoms with van der Waals surface area (Å²) in [7, 11) is 0. The van der Waals surface area contributed by atoms with Crippen LogP contribution in [0.1, 0.15) is 40.5 Å². The van der Waals surface area contributed by atoms with Gasteiger partial charge < -0.3 is 9.42 Å². The molecule has 1 unspecified atom stereocenters. The van der Waals surface area contributed by atoms with Crippen LogP contribution in [0.4, 0.5) is 0 Å². The zero-order chi connectivity index (χ0) is 19.5. The third-order valence-corrected chi connectivity index (χ3v) is 5.12. The smallest absolute Gasteiger partial charge is 0.272 e. The first-order valence-corrected chi connectivity index (χ1v) is 9.41. The summed E-state index contributed by atoms with van der Waals surface area (Å²) in [5, 5.41) is 4.01. The fourth-order valence-electron chi connectivity index (χ4n) is 3.79. The maximum atomic E-state index is 12.7. The van der Waals surface area contributed by atoms with Gasteiger partial charge in [-0.1, -0.05) is 5.16 Å². The van der Waals surface area contributed by atoms with Gasteiger partial charge in [0.2, 0.25) is 0 Å². The largest absolute Gasteiger partial charge is 0.361 e. The summed E-state index contributed by atoms with van der Waals surface area (Å²) in [5.41, 5.74) is 3.98. The summed E-state index contributed by atoms with van der Waals surface area (Å²) < 4.78 is 5.26. The molecule has 8 heteroatoms. The molecule has 144 valence electrons. The van der Waals surface area contributed by atoms with Crippen LogP contribution >= 0.6 is 0 Å². The number of nitrogens with zero attached hydrogens (tertiary/aromatic N) is 6. The first-order chi connectivity index (χ1) is 13.6. The Morgan fingerprint density at radius 1 is 1.25 bits per heavy atom. The molecule has 1 fully saturated rings. The van der Waals surface area contributed by atoms with Crippen molar-refractivity contribution in [1.29, 1.82) is 0 Å². The molecule has 1 aliphatic rings. The van der Waals surface area contributed by atoms with Crippen molar-refractivity contribution in [2.45, 2.75) is 33.1 Å². The summed E-state index contributed by atoms with van der Waals surface area (Å²) in [4.78, 5) is 31.4. The lowest BCUT2D eigenvalue weighted by molar-refractivity contribution is 0.0666. The summed E-state index contributed by atoms with van der Waals surface area (Å²) >= 11 is 0. The normalized spacial score (nSPS) is 16.9. The molecule has 0 bridgehead atoms. The van der Waals surface area contributed by atoms with E-state index >= 15 is 0 Å². The van der Waals surface area contributed by atoms with E-state index in [0.717, 1.165) is 54.2 Å². The molecule has 1 amide bonds. The third kappa shape index (κ3) is 3.76. The van der Waals surface area contributed by atoms with Crippen LogP contribution < -0.4 is 0 Å². The first kappa shape index (κ1) is 18.2. The summed E-state index contributed by atoms with van der Waals surface area (Å²) in [5.74, 6) is 1.07. The zero-order valence-corrected chi connectivity index (χ0v) is 16.0. The summed E-state index contributed by atoms with van der Waals surface area (Å²) in [6.45, 7) is 5.25. The lowest BCUT2D eigenvalue weighted by Gasteiger charge is -2.32. The van der Waals surface area contributed by atoms with Crippen molar-refractivity contribution in [1.82, 2.24) is 30.0 Å². The molecule has 4 heterocycles. The van der Waals surface area contributed by atoms with Gasteiger partial charge >= 0.3 is 0 Å². The van der Waals surface area contributed by atoms with Gasteiger partial charge in [-0.25, -0.2) is 19.9 Å². The van der Waals surface area contributed by atoms with Gasteiger partial charge in [0.1, 0.15) is 24.1 Å². The predicted molar refractivity (Wildman–Crippen MR) is 101 cm³/mol. The highest BCUT2D eigenvalue weighted by molar-refractivity contribution is 5.92. The lowest BCUT2D eigenvalue weighted by atomic mass is 9.92. The van der Waals surface area contributed by atoms with Crippen molar-refractivity contribution in [2.24, 2.45) is 5.92 Å². The van der Waals surface area contributed by atoms with Crippen LogP contribution in [0, 0.1) is 19.8 Å². The van der Waals surface area contributed by atoms with Crippen LogP contribution in [-0.2, 0) is 6.42 Å². The molecule has 3 aromatic heterocycles. The summed E-state index contributed by atoms with van der Waals surface area (Å²) in [6.07, 6.45) is 7.43. The first-order valence-electron chi connectivity index (χ1n) is 9.41. The van der Waals surface area contributed by atoms with Crippen molar-refractivity contribution in [2.75, 3.05) is 13.1 Å². The number of amides is 1. The molecule has 0 aromatic carbocycles. The number of rotatable bonds is 4. The molecule has 8 nitrogen and oxygen atoms in total. The predicted octanol–water partition coefficient (Wildman–Crippen LogP) is 2.63. The van der Waals surface area contributed by atoms with Gasteiger partial charge in [0.25, 0.3) is 5.91 Å². The number of carbonyl (C=O) groups is 1. The van der Waals surface area contributed by atoms with E-state index in [9.17, 15) is 4.79 Å². The number of likely N-dealkylation sites (tertiary alicyclic amines) is 1. The average molecular weight is 378 g/mol. The van der Waals surface area contributed by atoms with Crippen molar-refractivity contribution in [3.05, 3.63) is 53.8 Å². The highest BCUT2D eigenvalue weighted by atomic mass is 16.5. The maximum absolute atomic E-state index is 12.7. The molecule has 28 heavy (non-hydrogen) atoms. The minimum Gasteiger partial charge on any atom is -0.361 e. The Morgan fingerprint density at radius 3 is 2.89 bits per heavy atom. The van der Waals surface area contributed by atoms with Crippen LogP contribution in [0.5, 0.6) is 0 Å². The Morgan fingerprint density at radius 2 is 2.14 bits per heavy atom. The average Bonchev–Trinajstić information content (AvgIpc) is 3.06. The fourth-order valence-corrected chi connectivity index (χ4v) is 3.79. The van der Waals surface area contributed by atoms with E-state index in [0.29, 0.717) is 18.2 Å². The van der Waals surface area contributed by atoms with Crippen LogP contribution in [-0.4, -0.2) is 49.0 Å². The molecule has 0 radical (unpaired) electrons. The number of hydrogen-bond acceptors (Lipinski definition) is 7. The van der Waals surface area contributed by atoms with E-state index in [1.165, 1.54) is 6.33 Å². The van der Waals surface area contributed by atoms with E-state index in [2.05, 4.69) is 25.1 Å². The highest BCUT2D eigenvalue weighted by Gasteiger charge is 2.26. The van der Waals surface area contributed by atoms with Gasteiger partial charge in [0.05, 0.1) is 17.0 Å². The third-order valence-electron chi connectivity index (χ3n) is 5.12. The van der Waals surface area contributed by atoms with E-state index in [4.69, 9.17) is 4.52 Å². The number of aryl methyl sites for hydroxylation is 2. The van der Waals surface area contributed by atoms with Crippen LogP contribution in [0.2, 0.25) is 0 Å². The van der Waals surface area contributed by atoms with Crippen molar-refractivity contribution in [3.63, 3.8) is 0 Å². The lowest BCUT2D eigenvalue weighted by Crippen LogP contribution is -2.40. The molecule has 0 saturated carbocycles. The number of hydrogen-bond donors (Lipinski definition) is 0. The molecule has 3 aromatic rings. The standard InChI is InChI=1S/C20H22N6O2/c1-13-19(14(2)28-25-13)18-9-16(22-12-24-18)8-15-4-3-7-26(10-15)20(27)17-5-6-21-11-23-17/h5-6,9,11-12,15H,3-4,7-8,10H2,1-2H3. The second kappa shape index (κ2) is 7.84. The van der Waals surface area contributed by atoms with Crippen LogP contribution in [0.3, 0.4) is 0 Å². The molecule has 0 N–H and O–H groups in total. The van der Waals surface area contributed by atoms with Gasteiger partial charge in [-0.15, -0.1) is 0 Å². The Labute approximate surface area is 163 Å². The fraction of sp³-hybridized carbons (Fsp3) is 0.400. The van der Waals surface area contributed by atoms with E-state index < -0.39 is 0 Å². The number of piperidine rings is 1. The van der Waals surface area contributed by atoms with E-state index in [1.807, 2.05) is 24.8 Å². The SMILES string of the molecule is Cc1noc(C)c1-c1cc(CC2CCCN(C(=O)c3ccncn3)C2)ncn1. The highest BCUT2D eigenvalue weighted by Crippen LogP contribution is 2.27.